The molecule has 0 fully saturated rings. The van der Waals surface area contributed by atoms with Crippen LogP contribution >= 0.6 is 11.6 Å². The van der Waals surface area contributed by atoms with Crippen molar-refractivity contribution in [3.8, 4) is 28.5 Å². The van der Waals surface area contributed by atoms with Crippen molar-refractivity contribution in [1.29, 1.82) is 0 Å². The number of aromatic amines is 1. The number of nitrogens with one attached hydrogen (secondary N) is 1. The summed E-state index contributed by atoms with van der Waals surface area (Å²) in [5.41, 5.74) is 4.88. The van der Waals surface area contributed by atoms with Gasteiger partial charge >= 0.3 is 0 Å². The highest BCUT2D eigenvalue weighted by molar-refractivity contribution is 6.31. The molecule has 0 saturated heterocycles. The van der Waals surface area contributed by atoms with Crippen LogP contribution in [0.2, 0.25) is 5.02 Å². The first-order chi connectivity index (χ1) is 17.4. The van der Waals surface area contributed by atoms with E-state index in [9.17, 15) is 9.90 Å². The van der Waals surface area contributed by atoms with Gasteiger partial charge in [-0.1, -0.05) is 35.9 Å². The number of benzene rings is 3. The molecule has 1 aliphatic rings. The zero-order valence-corrected chi connectivity index (χ0v) is 21.0. The fourth-order valence-corrected chi connectivity index (χ4v) is 4.83. The fraction of sp³-hybridized carbons (Fsp3) is 0.214. The lowest BCUT2D eigenvalue weighted by Gasteiger charge is -2.26. The molecule has 0 bridgehead atoms. The maximum absolute atomic E-state index is 13.6. The average Bonchev–Trinajstić information content (AvgIpc) is 3.44. The van der Waals surface area contributed by atoms with Crippen molar-refractivity contribution in [2.24, 2.45) is 0 Å². The number of aromatic nitrogens is 2. The van der Waals surface area contributed by atoms with Crippen LogP contribution in [0.25, 0.3) is 11.3 Å². The van der Waals surface area contributed by atoms with E-state index in [4.69, 9.17) is 21.1 Å². The van der Waals surface area contributed by atoms with Crippen molar-refractivity contribution in [3.63, 3.8) is 0 Å². The minimum Gasteiger partial charge on any atom is -0.507 e. The second-order valence-electron chi connectivity index (χ2n) is 8.75. The summed E-state index contributed by atoms with van der Waals surface area (Å²) in [6.07, 6.45) is 0.664. The molecule has 1 unspecified atom stereocenters. The normalized spacial score (nSPS) is 14.7. The molecule has 184 valence electrons. The summed E-state index contributed by atoms with van der Waals surface area (Å²) in [6, 6.07) is 18.4. The molecule has 0 aliphatic carbocycles. The molecule has 1 amide bonds. The van der Waals surface area contributed by atoms with Gasteiger partial charge in [-0.3, -0.25) is 9.89 Å². The molecule has 1 aromatic heterocycles. The summed E-state index contributed by atoms with van der Waals surface area (Å²) < 4.78 is 10.6. The number of methoxy groups -OCH3 is 2. The van der Waals surface area contributed by atoms with Gasteiger partial charge in [-0.25, -0.2) is 0 Å². The Kier molecular flexibility index (Phi) is 6.33. The van der Waals surface area contributed by atoms with Gasteiger partial charge < -0.3 is 19.5 Å². The Morgan fingerprint density at radius 3 is 2.31 bits per heavy atom. The quantitative estimate of drug-likeness (QED) is 0.345. The highest BCUT2D eigenvalue weighted by atomic mass is 35.5. The van der Waals surface area contributed by atoms with E-state index in [1.165, 1.54) is 0 Å². The largest absolute Gasteiger partial charge is 0.507 e. The Bertz CT molecular complexity index is 1410. The van der Waals surface area contributed by atoms with Crippen LogP contribution in [0.15, 0.2) is 60.7 Å². The molecule has 1 atom stereocenters. The van der Waals surface area contributed by atoms with E-state index < -0.39 is 6.04 Å². The summed E-state index contributed by atoms with van der Waals surface area (Å²) >= 11 is 6.39. The monoisotopic (exact) mass is 503 g/mol. The van der Waals surface area contributed by atoms with E-state index in [1.54, 1.807) is 26.4 Å². The van der Waals surface area contributed by atoms with Gasteiger partial charge in [-0.2, -0.15) is 5.10 Å². The molecule has 0 spiro atoms. The number of phenolic OH excluding ortho intramolecular Hbond substituents is 1. The van der Waals surface area contributed by atoms with Gasteiger partial charge in [-0.15, -0.1) is 0 Å². The number of ether oxygens (including phenoxy) is 2. The zero-order valence-electron chi connectivity index (χ0n) is 20.2. The van der Waals surface area contributed by atoms with Crippen LogP contribution in [0.4, 0.5) is 0 Å². The highest BCUT2D eigenvalue weighted by Gasteiger charge is 2.42. The number of phenols is 1. The Balaban J connectivity index is 1.57. The van der Waals surface area contributed by atoms with Crippen LogP contribution in [0, 0.1) is 6.92 Å². The van der Waals surface area contributed by atoms with Crippen LogP contribution in [-0.2, 0) is 6.42 Å². The first kappa shape index (κ1) is 23.8. The van der Waals surface area contributed by atoms with Gasteiger partial charge in [0, 0.05) is 22.7 Å². The smallest absolute Gasteiger partial charge is 0.273 e. The minimum atomic E-state index is -0.398. The SMILES string of the molecule is COc1ccc(CCN2C(=O)c3[nH]nc(-c4cc(Cl)c(C)cc4O)c3C2c2ccc(OC)cc2)cc1. The van der Waals surface area contributed by atoms with Crippen molar-refractivity contribution in [2.45, 2.75) is 19.4 Å². The molecule has 4 aromatic rings. The van der Waals surface area contributed by atoms with Crippen LogP contribution in [0.5, 0.6) is 17.2 Å². The fourth-order valence-electron chi connectivity index (χ4n) is 4.66. The third kappa shape index (κ3) is 4.16. The van der Waals surface area contributed by atoms with E-state index >= 15 is 0 Å². The lowest BCUT2D eigenvalue weighted by Crippen LogP contribution is -2.31. The lowest BCUT2D eigenvalue weighted by atomic mass is 9.95. The molecule has 0 radical (unpaired) electrons. The number of nitrogens with zero attached hydrogens (tertiary/aromatic N) is 2. The molecule has 1 aliphatic heterocycles. The van der Waals surface area contributed by atoms with E-state index in [-0.39, 0.29) is 11.7 Å². The van der Waals surface area contributed by atoms with Crippen LogP contribution < -0.4 is 9.47 Å². The second-order valence-corrected chi connectivity index (χ2v) is 9.16. The zero-order chi connectivity index (χ0) is 25.4. The van der Waals surface area contributed by atoms with Gasteiger partial charge in [0.15, 0.2) is 0 Å². The van der Waals surface area contributed by atoms with Gasteiger partial charge in [0.05, 0.1) is 20.3 Å². The molecular formula is C28H26ClN3O4. The van der Waals surface area contributed by atoms with Gasteiger partial charge in [-0.05, 0) is 66.4 Å². The van der Waals surface area contributed by atoms with Crippen LogP contribution in [0.3, 0.4) is 0 Å². The number of aryl methyl sites for hydroxylation is 1. The molecule has 5 rings (SSSR count). The van der Waals surface area contributed by atoms with Crippen molar-refractivity contribution >= 4 is 17.5 Å². The highest BCUT2D eigenvalue weighted by Crippen LogP contribution is 2.45. The van der Waals surface area contributed by atoms with E-state index in [0.717, 1.165) is 33.8 Å². The van der Waals surface area contributed by atoms with Crippen LogP contribution in [-0.4, -0.2) is 46.9 Å². The summed E-state index contributed by atoms with van der Waals surface area (Å²) in [4.78, 5) is 15.4. The predicted octanol–water partition coefficient (Wildman–Crippen LogP) is 5.55. The Morgan fingerprint density at radius 2 is 1.67 bits per heavy atom. The molecule has 2 heterocycles. The number of amides is 1. The summed E-state index contributed by atoms with van der Waals surface area (Å²) in [5.74, 6) is 1.43. The van der Waals surface area contributed by atoms with E-state index in [0.29, 0.717) is 34.9 Å². The van der Waals surface area contributed by atoms with Crippen LogP contribution in [0.1, 0.15) is 38.8 Å². The number of rotatable bonds is 7. The number of hydrogen-bond acceptors (Lipinski definition) is 5. The standard InChI is InChI=1S/C28H26ClN3O4/c1-16-14-23(33)21(15-22(16)29)25-24-26(31-30-25)28(34)32(13-12-17-4-8-19(35-2)9-5-17)27(24)18-6-10-20(36-3)11-7-18/h4-11,14-15,27,33H,12-13H2,1-3H3,(H,30,31). The van der Waals surface area contributed by atoms with E-state index in [2.05, 4.69) is 10.2 Å². The first-order valence-electron chi connectivity index (χ1n) is 11.6. The summed E-state index contributed by atoms with van der Waals surface area (Å²) in [5, 5.41) is 18.6. The third-order valence-corrected chi connectivity index (χ3v) is 7.04. The molecule has 8 heteroatoms. The predicted molar refractivity (Wildman–Crippen MR) is 138 cm³/mol. The summed E-state index contributed by atoms with van der Waals surface area (Å²) in [7, 11) is 3.25. The Hall–Kier alpha value is -3.97. The number of fused-ring (bicyclic) bond motifs is 1. The van der Waals surface area contributed by atoms with Gasteiger partial charge in [0.2, 0.25) is 0 Å². The van der Waals surface area contributed by atoms with Crippen molar-refractivity contribution in [3.05, 3.63) is 93.6 Å². The second kappa shape index (κ2) is 9.59. The Labute approximate surface area is 214 Å². The molecular weight excluding hydrogens is 478 g/mol. The van der Waals surface area contributed by atoms with Gasteiger partial charge in [0.25, 0.3) is 5.91 Å². The van der Waals surface area contributed by atoms with Crippen molar-refractivity contribution < 1.29 is 19.4 Å². The molecule has 7 nitrogen and oxygen atoms in total. The minimum absolute atomic E-state index is 0.0591. The number of carbonyl (C=O) groups excluding carboxylic acids is 1. The van der Waals surface area contributed by atoms with E-state index in [1.807, 2.05) is 60.4 Å². The molecule has 0 saturated carbocycles. The topological polar surface area (TPSA) is 87.7 Å². The first-order valence-corrected chi connectivity index (χ1v) is 11.9. The van der Waals surface area contributed by atoms with Crippen molar-refractivity contribution in [2.75, 3.05) is 20.8 Å². The number of H-pyrrole nitrogens is 1. The molecule has 36 heavy (non-hydrogen) atoms. The number of hydrogen-bond donors (Lipinski definition) is 2. The Morgan fingerprint density at radius 1 is 1.03 bits per heavy atom. The van der Waals surface area contributed by atoms with Gasteiger partial charge in [0.1, 0.15) is 28.6 Å². The lowest BCUT2D eigenvalue weighted by molar-refractivity contribution is 0.0746. The number of halogens is 1. The maximum atomic E-state index is 13.6. The third-order valence-electron chi connectivity index (χ3n) is 6.63. The summed E-state index contributed by atoms with van der Waals surface area (Å²) in [6.45, 7) is 2.32. The maximum Gasteiger partial charge on any atom is 0.273 e. The number of aromatic hydroxyl groups is 1. The molecule has 2 N–H and O–H groups in total. The number of carbonyl (C=O) groups is 1. The average molecular weight is 504 g/mol. The molecule has 3 aromatic carbocycles. The van der Waals surface area contributed by atoms with Crippen molar-refractivity contribution in [1.82, 2.24) is 15.1 Å².